The number of anilines is 1. The fraction of sp³-hybridized carbons (Fsp3) is 0.438. The van der Waals surface area contributed by atoms with Crippen LogP contribution in [-0.2, 0) is 14.4 Å². The molecule has 1 aliphatic carbocycles. The third-order valence-corrected chi connectivity index (χ3v) is 4.58. The van der Waals surface area contributed by atoms with E-state index in [9.17, 15) is 14.4 Å². The number of carbonyl (C=O) groups is 3. The number of benzene rings is 1. The summed E-state index contributed by atoms with van der Waals surface area (Å²) in [7, 11) is 0. The Balaban J connectivity index is 1.50. The SMILES string of the molecule is O=CN1CCN(C(=O)C2CC2C(=O)Nc2ccc(Cl)cc2)CC1. The van der Waals surface area contributed by atoms with Crippen molar-refractivity contribution in [2.24, 2.45) is 11.8 Å². The van der Waals surface area contributed by atoms with Crippen LogP contribution >= 0.6 is 11.6 Å². The molecule has 0 spiro atoms. The summed E-state index contributed by atoms with van der Waals surface area (Å²) in [4.78, 5) is 38.7. The number of nitrogens with zero attached hydrogens (tertiary/aromatic N) is 2. The number of halogens is 1. The van der Waals surface area contributed by atoms with E-state index < -0.39 is 0 Å². The highest BCUT2D eigenvalue weighted by atomic mass is 35.5. The molecule has 2 atom stereocenters. The van der Waals surface area contributed by atoms with Crippen LogP contribution in [0.15, 0.2) is 24.3 Å². The first-order chi connectivity index (χ1) is 11.1. The molecule has 6 nitrogen and oxygen atoms in total. The summed E-state index contributed by atoms with van der Waals surface area (Å²) >= 11 is 5.81. The molecular weight excluding hydrogens is 318 g/mol. The number of carbonyl (C=O) groups excluding carboxylic acids is 3. The zero-order valence-electron chi connectivity index (χ0n) is 12.6. The number of piperazine rings is 1. The first-order valence-electron chi connectivity index (χ1n) is 7.63. The summed E-state index contributed by atoms with van der Waals surface area (Å²) in [6, 6.07) is 6.88. The Morgan fingerprint density at radius 3 is 2.35 bits per heavy atom. The van der Waals surface area contributed by atoms with E-state index in [-0.39, 0.29) is 23.7 Å². The largest absolute Gasteiger partial charge is 0.342 e. The monoisotopic (exact) mass is 335 g/mol. The summed E-state index contributed by atoms with van der Waals surface area (Å²) in [5.74, 6) is -0.601. The summed E-state index contributed by atoms with van der Waals surface area (Å²) in [5, 5.41) is 3.42. The molecule has 23 heavy (non-hydrogen) atoms. The Kier molecular flexibility index (Phi) is 4.52. The van der Waals surface area contributed by atoms with Gasteiger partial charge < -0.3 is 15.1 Å². The Hall–Kier alpha value is -2.08. The van der Waals surface area contributed by atoms with Crippen LogP contribution in [-0.4, -0.2) is 54.2 Å². The van der Waals surface area contributed by atoms with Gasteiger partial charge in [0.15, 0.2) is 0 Å². The van der Waals surface area contributed by atoms with Gasteiger partial charge >= 0.3 is 0 Å². The van der Waals surface area contributed by atoms with Crippen LogP contribution < -0.4 is 5.32 Å². The van der Waals surface area contributed by atoms with Crippen LogP contribution in [0.4, 0.5) is 5.69 Å². The van der Waals surface area contributed by atoms with Crippen molar-refractivity contribution >= 4 is 35.5 Å². The average molecular weight is 336 g/mol. The Morgan fingerprint density at radius 2 is 1.74 bits per heavy atom. The predicted molar refractivity (Wildman–Crippen MR) is 85.9 cm³/mol. The Bertz CT molecular complexity index is 612. The molecule has 122 valence electrons. The van der Waals surface area contributed by atoms with Crippen molar-refractivity contribution < 1.29 is 14.4 Å². The van der Waals surface area contributed by atoms with Crippen molar-refractivity contribution in [2.45, 2.75) is 6.42 Å². The summed E-state index contributed by atoms with van der Waals surface area (Å²) in [6.45, 7) is 2.20. The molecule has 1 saturated carbocycles. The third-order valence-electron chi connectivity index (χ3n) is 4.33. The van der Waals surface area contributed by atoms with E-state index in [1.807, 2.05) is 0 Å². The maximum atomic E-state index is 12.4. The van der Waals surface area contributed by atoms with Crippen LogP contribution in [0.2, 0.25) is 5.02 Å². The summed E-state index contributed by atoms with van der Waals surface area (Å²) < 4.78 is 0. The fourth-order valence-electron chi connectivity index (χ4n) is 2.81. The van der Waals surface area contributed by atoms with Gasteiger partial charge in [-0.1, -0.05) is 11.6 Å². The van der Waals surface area contributed by atoms with Crippen LogP contribution in [0.1, 0.15) is 6.42 Å². The van der Waals surface area contributed by atoms with Gasteiger partial charge in [0.25, 0.3) is 0 Å². The van der Waals surface area contributed by atoms with Crippen LogP contribution in [0.5, 0.6) is 0 Å². The zero-order valence-corrected chi connectivity index (χ0v) is 13.3. The fourth-order valence-corrected chi connectivity index (χ4v) is 2.93. The molecule has 1 N–H and O–H groups in total. The van der Waals surface area contributed by atoms with Crippen molar-refractivity contribution in [1.82, 2.24) is 9.80 Å². The number of amides is 3. The number of nitrogens with one attached hydrogen (secondary N) is 1. The lowest BCUT2D eigenvalue weighted by Gasteiger charge is -2.32. The molecule has 0 bridgehead atoms. The minimum Gasteiger partial charge on any atom is -0.342 e. The average Bonchev–Trinajstić information content (AvgIpc) is 3.37. The second kappa shape index (κ2) is 6.58. The second-order valence-corrected chi connectivity index (χ2v) is 6.35. The van der Waals surface area contributed by atoms with Crippen molar-refractivity contribution in [3.8, 4) is 0 Å². The van der Waals surface area contributed by atoms with Gasteiger partial charge in [0.05, 0.1) is 11.8 Å². The second-order valence-electron chi connectivity index (χ2n) is 5.91. The topological polar surface area (TPSA) is 69.7 Å². The van der Waals surface area contributed by atoms with E-state index in [1.165, 1.54) is 0 Å². The standard InChI is InChI=1S/C16H18ClN3O3/c17-11-1-3-12(4-2-11)18-15(22)13-9-14(13)16(23)20-7-5-19(10-21)6-8-20/h1-4,10,13-14H,5-9H2,(H,18,22). The molecule has 3 rings (SSSR count). The van der Waals surface area contributed by atoms with Gasteiger partial charge in [-0.25, -0.2) is 0 Å². The molecule has 2 unspecified atom stereocenters. The first kappa shape index (κ1) is 15.8. The highest BCUT2D eigenvalue weighted by Crippen LogP contribution is 2.41. The Labute approximate surface area is 139 Å². The van der Waals surface area contributed by atoms with Gasteiger partial charge in [-0.2, -0.15) is 0 Å². The Morgan fingerprint density at radius 1 is 1.09 bits per heavy atom. The number of rotatable bonds is 4. The highest BCUT2D eigenvalue weighted by molar-refractivity contribution is 6.30. The van der Waals surface area contributed by atoms with E-state index in [0.29, 0.717) is 43.3 Å². The smallest absolute Gasteiger partial charge is 0.228 e. The van der Waals surface area contributed by atoms with E-state index in [2.05, 4.69) is 5.32 Å². The van der Waals surface area contributed by atoms with Gasteiger partial charge in [-0.15, -0.1) is 0 Å². The lowest BCUT2D eigenvalue weighted by Crippen LogP contribution is -2.48. The predicted octanol–water partition coefficient (Wildman–Crippen LogP) is 1.22. The van der Waals surface area contributed by atoms with Crippen LogP contribution in [0.3, 0.4) is 0 Å². The van der Waals surface area contributed by atoms with E-state index in [4.69, 9.17) is 11.6 Å². The van der Waals surface area contributed by atoms with E-state index >= 15 is 0 Å². The highest BCUT2D eigenvalue weighted by Gasteiger charge is 2.49. The molecule has 1 saturated heterocycles. The van der Waals surface area contributed by atoms with Gasteiger partial charge in [0.1, 0.15) is 0 Å². The molecule has 0 aromatic heterocycles. The lowest BCUT2D eigenvalue weighted by atomic mass is 10.2. The van der Waals surface area contributed by atoms with Crippen LogP contribution in [0.25, 0.3) is 0 Å². The molecule has 1 aromatic rings. The van der Waals surface area contributed by atoms with Crippen molar-refractivity contribution in [2.75, 3.05) is 31.5 Å². The molecule has 1 aromatic carbocycles. The molecule has 1 aliphatic heterocycles. The molecule has 2 aliphatic rings. The van der Waals surface area contributed by atoms with E-state index in [0.717, 1.165) is 6.41 Å². The lowest BCUT2D eigenvalue weighted by molar-refractivity contribution is -0.137. The normalized spacial score (nSPS) is 23.3. The molecule has 1 heterocycles. The van der Waals surface area contributed by atoms with Crippen molar-refractivity contribution in [3.63, 3.8) is 0 Å². The van der Waals surface area contributed by atoms with Gasteiger partial charge in [-0.3, -0.25) is 14.4 Å². The molecule has 3 amide bonds. The molecule has 7 heteroatoms. The molecular formula is C16H18ClN3O3. The van der Waals surface area contributed by atoms with Gasteiger partial charge in [0, 0.05) is 36.9 Å². The molecule has 0 radical (unpaired) electrons. The maximum Gasteiger partial charge on any atom is 0.228 e. The van der Waals surface area contributed by atoms with Crippen LogP contribution in [0, 0.1) is 11.8 Å². The molecule has 2 fully saturated rings. The van der Waals surface area contributed by atoms with Gasteiger partial charge in [-0.05, 0) is 30.7 Å². The van der Waals surface area contributed by atoms with E-state index in [1.54, 1.807) is 34.1 Å². The third kappa shape index (κ3) is 3.64. The quantitative estimate of drug-likeness (QED) is 0.841. The first-order valence-corrected chi connectivity index (χ1v) is 8.01. The summed E-state index contributed by atoms with van der Waals surface area (Å²) in [6.07, 6.45) is 1.40. The number of hydrogen-bond donors (Lipinski definition) is 1. The number of hydrogen-bond acceptors (Lipinski definition) is 3. The van der Waals surface area contributed by atoms with Gasteiger partial charge in [0.2, 0.25) is 18.2 Å². The summed E-state index contributed by atoms with van der Waals surface area (Å²) in [5.41, 5.74) is 0.678. The van der Waals surface area contributed by atoms with Crippen molar-refractivity contribution in [1.29, 1.82) is 0 Å². The zero-order chi connectivity index (χ0) is 16.4. The maximum absolute atomic E-state index is 12.4. The minimum absolute atomic E-state index is 0.0202. The van der Waals surface area contributed by atoms with Crippen molar-refractivity contribution in [3.05, 3.63) is 29.3 Å². The minimum atomic E-state index is -0.262.